The van der Waals surface area contributed by atoms with E-state index < -0.39 is 0 Å². The van der Waals surface area contributed by atoms with Crippen molar-refractivity contribution in [2.24, 2.45) is 5.92 Å². The Morgan fingerprint density at radius 3 is 3.00 bits per heavy atom. The van der Waals surface area contributed by atoms with Crippen LogP contribution in [0.4, 0.5) is 4.79 Å². The molecule has 0 bridgehead atoms. The lowest BCUT2D eigenvalue weighted by Gasteiger charge is -2.26. The molecule has 1 saturated heterocycles. The van der Waals surface area contributed by atoms with Gasteiger partial charge in [-0.1, -0.05) is 18.2 Å². The third-order valence-corrected chi connectivity index (χ3v) is 6.26. The van der Waals surface area contributed by atoms with E-state index in [2.05, 4.69) is 23.5 Å². The number of ether oxygens (including phenoxy) is 1. The Labute approximate surface area is 143 Å². The van der Waals surface area contributed by atoms with Crippen LogP contribution < -0.4 is 5.32 Å². The number of hydrogen-bond acceptors (Lipinski definition) is 3. The van der Waals surface area contributed by atoms with Gasteiger partial charge in [0.05, 0.1) is 5.54 Å². The number of rotatable bonds is 4. The first kappa shape index (κ1) is 15.9. The highest BCUT2D eigenvalue weighted by Gasteiger charge is 2.46. The summed E-state index contributed by atoms with van der Waals surface area (Å²) in [6.45, 7) is 0.839. The summed E-state index contributed by atoms with van der Waals surface area (Å²) in [7, 11) is 0. The average molecular weight is 329 g/mol. The highest BCUT2D eigenvalue weighted by Crippen LogP contribution is 2.43. The number of hydrogen-bond donors (Lipinski definition) is 2. The minimum Gasteiger partial charge on any atom is -0.447 e. The van der Waals surface area contributed by atoms with Crippen LogP contribution in [0.3, 0.4) is 0 Å². The van der Waals surface area contributed by atoms with Gasteiger partial charge in [-0.15, -0.1) is 0 Å². The summed E-state index contributed by atoms with van der Waals surface area (Å²) in [6.07, 6.45) is 8.52. The van der Waals surface area contributed by atoms with Gasteiger partial charge in [-0.2, -0.15) is 0 Å². The zero-order valence-corrected chi connectivity index (χ0v) is 14.2. The van der Waals surface area contributed by atoms with Crippen molar-refractivity contribution in [3.8, 4) is 0 Å². The van der Waals surface area contributed by atoms with Crippen molar-refractivity contribution in [2.75, 3.05) is 13.2 Å². The van der Waals surface area contributed by atoms with Crippen LogP contribution in [-0.4, -0.2) is 30.0 Å². The van der Waals surface area contributed by atoms with E-state index in [1.165, 1.54) is 23.1 Å². The zero-order valence-electron chi connectivity index (χ0n) is 14.2. The number of nitrogens with one attached hydrogen (secondary N) is 1. The molecule has 1 amide bonds. The van der Waals surface area contributed by atoms with Crippen LogP contribution in [0.5, 0.6) is 0 Å². The molecule has 4 heteroatoms. The Hall–Kier alpha value is -1.55. The average Bonchev–Trinajstić information content (AvgIpc) is 3.18. The molecule has 2 aliphatic carbocycles. The van der Waals surface area contributed by atoms with Gasteiger partial charge in [0.1, 0.15) is 6.61 Å². The van der Waals surface area contributed by atoms with Gasteiger partial charge in [0, 0.05) is 6.61 Å². The number of amides is 1. The topological polar surface area (TPSA) is 58.6 Å². The summed E-state index contributed by atoms with van der Waals surface area (Å²) in [5.74, 6) is 1.26. The molecule has 1 saturated carbocycles. The number of carbonyl (C=O) groups is 1. The Morgan fingerprint density at radius 1 is 1.29 bits per heavy atom. The maximum Gasteiger partial charge on any atom is 0.407 e. The molecule has 1 aromatic carbocycles. The predicted octanol–water partition coefficient (Wildman–Crippen LogP) is 3.31. The van der Waals surface area contributed by atoms with Gasteiger partial charge in [0.15, 0.2) is 0 Å². The Balaban J connectivity index is 1.44. The summed E-state index contributed by atoms with van der Waals surface area (Å²) in [5.41, 5.74) is 4.33. The molecule has 3 aliphatic rings. The Morgan fingerprint density at radius 2 is 2.21 bits per heavy atom. The van der Waals surface area contributed by atoms with Crippen LogP contribution in [0.25, 0.3) is 0 Å². The number of aliphatic hydroxyl groups is 1. The molecule has 1 spiro atoms. The van der Waals surface area contributed by atoms with Crippen molar-refractivity contribution in [1.82, 2.24) is 5.32 Å². The molecular weight excluding hydrogens is 302 g/mol. The molecule has 1 heterocycles. The highest BCUT2D eigenvalue weighted by molar-refractivity contribution is 5.70. The fourth-order valence-electron chi connectivity index (χ4n) is 4.88. The standard InChI is InChI=1S/C20H27NO3/c22-9-1-2-14-3-4-16-11-17(6-5-15(16)10-14)18-7-8-20(12-18)13-24-19(23)21-20/h5-6,11,14,18,22H,1-4,7-10,12-13H2,(H,21,23)/t14?,18-,20+/m0/s1. The Bertz CT molecular complexity index is 629. The number of alkyl carbamates (subject to hydrolysis) is 1. The lowest BCUT2D eigenvalue weighted by molar-refractivity contribution is 0.172. The predicted molar refractivity (Wildman–Crippen MR) is 92.1 cm³/mol. The molecule has 0 radical (unpaired) electrons. The van der Waals surface area contributed by atoms with Crippen LogP contribution >= 0.6 is 0 Å². The maximum absolute atomic E-state index is 11.4. The molecule has 24 heavy (non-hydrogen) atoms. The van der Waals surface area contributed by atoms with Gasteiger partial charge in [0.25, 0.3) is 0 Å². The molecule has 0 aromatic heterocycles. The fraction of sp³-hybridized carbons (Fsp3) is 0.650. The second-order valence-corrected chi connectivity index (χ2v) is 7.92. The van der Waals surface area contributed by atoms with Crippen LogP contribution in [0.1, 0.15) is 61.1 Å². The number of fused-ring (bicyclic) bond motifs is 1. The maximum atomic E-state index is 11.4. The van der Waals surface area contributed by atoms with Crippen LogP contribution in [0, 0.1) is 5.92 Å². The van der Waals surface area contributed by atoms with E-state index in [4.69, 9.17) is 9.84 Å². The van der Waals surface area contributed by atoms with E-state index in [1.807, 2.05) is 0 Å². The molecule has 2 fully saturated rings. The smallest absolute Gasteiger partial charge is 0.407 e. The minimum absolute atomic E-state index is 0.118. The van der Waals surface area contributed by atoms with E-state index in [9.17, 15) is 4.79 Å². The van der Waals surface area contributed by atoms with Crippen molar-refractivity contribution < 1.29 is 14.6 Å². The second kappa shape index (κ2) is 6.40. The second-order valence-electron chi connectivity index (χ2n) is 7.92. The third kappa shape index (κ3) is 3.04. The number of carbonyl (C=O) groups excluding carboxylic acids is 1. The van der Waals surface area contributed by atoms with Gasteiger partial charge in [-0.05, 0) is 79.9 Å². The Kier molecular flexibility index (Phi) is 4.25. The monoisotopic (exact) mass is 329 g/mol. The SMILES string of the molecule is O=C1N[C@@]2(CC[C@H](c3ccc4c(c3)CCC(CCCO)C4)C2)CO1. The molecule has 4 rings (SSSR count). The quantitative estimate of drug-likeness (QED) is 0.891. The van der Waals surface area contributed by atoms with Crippen molar-refractivity contribution in [2.45, 2.75) is 62.8 Å². The van der Waals surface area contributed by atoms with Gasteiger partial charge in [-0.3, -0.25) is 0 Å². The van der Waals surface area contributed by atoms with E-state index in [0.29, 0.717) is 19.1 Å². The summed E-state index contributed by atoms with van der Waals surface area (Å²) in [5, 5.41) is 12.1. The van der Waals surface area contributed by atoms with E-state index >= 15 is 0 Å². The van der Waals surface area contributed by atoms with Gasteiger partial charge in [-0.25, -0.2) is 4.79 Å². The van der Waals surface area contributed by atoms with E-state index in [-0.39, 0.29) is 11.6 Å². The molecule has 2 N–H and O–H groups in total. The molecule has 1 unspecified atom stereocenters. The molecule has 4 nitrogen and oxygen atoms in total. The van der Waals surface area contributed by atoms with Gasteiger partial charge < -0.3 is 15.2 Å². The van der Waals surface area contributed by atoms with E-state index in [1.54, 1.807) is 0 Å². The zero-order chi connectivity index (χ0) is 16.6. The fourth-order valence-corrected chi connectivity index (χ4v) is 4.88. The minimum atomic E-state index is -0.255. The van der Waals surface area contributed by atoms with Gasteiger partial charge >= 0.3 is 6.09 Å². The van der Waals surface area contributed by atoms with Crippen LogP contribution in [-0.2, 0) is 17.6 Å². The lowest BCUT2D eigenvalue weighted by Crippen LogP contribution is -2.40. The first-order valence-corrected chi connectivity index (χ1v) is 9.35. The van der Waals surface area contributed by atoms with Crippen LogP contribution in [0.2, 0.25) is 0 Å². The number of aliphatic hydroxyl groups excluding tert-OH is 1. The number of cyclic esters (lactones) is 1. The molecule has 1 aromatic rings. The number of aryl methyl sites for hydroxylation is 1. The molecule has 3 atom stereocenters. The van der Waals surface area contributed by atoms with E-state index in [0.717, 1.165) is 50.9 Å². The largest absolute Gasteiger partial charge is 0.447 e. The van der Waals surface area contributed by atoms with Gasteiger partial charge in [0.2, 0.25) is 0 Å². The normalized spacial score (nSPS) is 31.8. The molecule has 1 aliphatic heterocycles. The van der Waals surface area contributed by atoms with Crippen molar-refractivity contribution in [3.63, 3.8) is 0 Å². The molecular formula is C20H27NO3. The summed E-state index contributed by atoms with van der Waals surface area (Å²) >= 11 is 0. The van der Waals surface area contributed by atoms with Crippen molar-refractivity contribution in [3.05, 3.63) is 34.9 Å². The highest BCUT2D eigenvalue weighted by atomic mass is 16.6. The lowest BCUT2D eigenvalue weighted by atomic mass is 9.80. The summed E-state index contributed by atoms with van der Waals surface area (Å²) in [6, 6.07) is 7.04. The first-order valence-electron chi connectivity index (χ1n) is 9.35. The first-order chi connectivity index (χ1) is 11.7. The van der Waals surface area contributed by atoms with Crippen LogP contribution in [0.15, 0.2) is 18.2 Å². The summed E-state index contributed by atoms with van der Waals surface area (Å²) in [4.78, 5) is 11.4. The summed E-state index contributed by atoms with van der Waals surface area (Å²) < 4.78 is 5.14. The van der Waals surface area contributed by atoms with Crippen molar-refractivity contribution in [1.29, 1.82) is 0 Å². The molecule has 130 valence electrons. The third-order valence-electron chi connectivity index (χ3n) is 6.26. The number of benzene rings is 1. The van der Waals surface area contributed by atoms with Crippen molar-refractivity contribution >= 4 is 6.09 Å².